The van der Waals surface area contributed by atoms with Crippen molar-refractivity contribution < 1.29 is 28.6 Å². The molecule has 9 nitrogen and oxygen atoms in total. The molecule has 1 aliphatic carbocycles. The molecule has 43 heavy (non-hydrogen) atoms. The van der Waals surface area contributed by atoms with Crippen LogP contribution in [0.5, 0.6) is 5.75 Å². The Balaban J connectivity index is 1.58. The van der Waals surface area contributed by atoms with Gasteiger partial charge in [-0.15, -0.1) is 0 Å². The van der Waals surface area contributed by atoms with Gasteiger partial charge in [-0.2, -0.15) is 0 Å². The lowest BCUT2D eigenvalue weighted by molar-refractivity contribution is -0.0172. The van der Waals surface area contributed by atoms with Gasteiger partial charge in [0.15, 0.2) is 0 Å². The normalized spacial score (nSPS) is 22.7. The molecule has 0 spiro atoms. The third-order valence-electron chi connectivity index (χ3n) is 8.17. The molecule has 0 bridgehead atoms. The molecule has 1 saturated carbocycles. The maximum absolute atomic E-state index is 14.2. The van der Waals surface area contributed by atoms with Gasteiger partial charge < -0.3 is 35.0 Å². The van der Waals surface area contributed by atoms with E-state index in [0.717, 1.165) is 38.3 Å². The Kier molecular flexibility index (Phi) is 11.8. The molecule has 10 heteroatoms. The van der Waals surface area contributed by atoms with Crippen LogP contribution in [0.25, 0.3) is 0 Å². The Hall–Kier alpha value is -3.21. The highest BCUT2D eigenvalue weighted by Crippen LogP contribution is 2.31. The zero-order valence-corrected chi connectivity index (χ0v) is 25.9. The number of carbonyl (C=O) groups is 2. The Morgan fingerprint density at radius 3 is 2.47 bits per heavy atom. The van der Waals surface area contributed by atoms with E-state index in [1.165, 1.54) is 37.1 Å². The maximum atomic E-state index is 14.2. The van der Waals surface area contributed by atoms with Gasteiger partial charge in [0.05, 0.1) is 30.4 Å². The summed E-state index contributed by atoms with van der Waals surface area (Å²) in [4.78, 5) is 31.0. The van der Waals surface area contributed by atoms with Crippen LogP contribution in [-0.4, -0.2) is 85.0 Å². The fraction of sp³-hybridized carbons (Fsp3) is 0.576. The van der Waals surface area contributed by atoms with E-state index in [4.69, 9.17) is 9.47 Å². The lowest BCUT2D eigenvalue weighted by atomic mass is 10.0. The van der Waals surface area contributed by atoms with Gasteiger partial charge in [-0.25, -0.2) is 9.18 Å². The topological polar surface area (TPSA) is 103 Å². The largest absolute Gasteiger partial charge is 0.490 e. The smallest absolute Gasteiger partial charge is 0.323 e. The van der Waals surface area contributed by atoms with Crippen LogP contribution < -0.4 is 15.4 Å². The van der Waals surface area contributed by atoms with Crippen LogP contribution in [0.1, 0.15) is 63.2 Å². The number of hydrogen-bond acceptors (Lipinski definition) is 6. The molecule has 0 unspecified atom stereocenters. The summed E-state index contributed by atoms with van der Waals surface area (Å²) in [6.07, 6.45) is 5.01. The van der Waals surface area contributed by atoms with E-state index >= 15 is 0 Å². The van der Waals surface area contributed by atoms with E-state index in [2.05, 4.69) is 29.5 Å². The quantitative estimate of drug-likeness (QED) is 0.365. The fourth-order valence-corrected chi connectivity index (χ4v) is 5.41. The Morgan fingerprint density at radius 2 is 1.77 bits per heavy atom. The van der Waals surface area contributed by atoms with Gasteiger partial charge in [0.2, 0.25) is 0 Å². The fourth-order valence-electron chi connectivity index (χ4n) is 5.41. The summed E-state index contributed by atoms with van der Waals surface area (Å²) in [5.74, 6) is 0.515. The first kappa shape index (κ1) is 32.7. The molecule has 236 valence electrons. The van der Waals surface area contributed by atoms with E-state index in [1.54, 1.807) is 23.1 Å². The van der Waals surface area contributed by atoms with Crippen molar-refractivity contribution in [1.29, 1.82) is 0 Å². The van der Waals surface area contributed by atoms with Gasteiger partial charge in [0, 0.05) is 43.5 Å². The highest BCUT2D eigenvalue weighted by atomic mass is 19.1. The van der Waals surface area contributed by atoms with Crippen LogP contribution in [-0.2, 0) is 4.74 Å². The van der Waals surface area contributed by atoms with E-state index < -0.39 is 17.9 Å². The van der Waals surface area contributed by atoms with Gasteiger partial charge >= 0.3 is 6.03 Å². The SMILES string of the molecule is C[C@@H]1CCCCO[C@@H](CN(C)CC2CC2)[C@H](C)CN([C@@H](C)CO)C(=O)c2cc(NC(=O)Nc3ccc(F)cc3)ccc2O1. The number of anilines is 2. The number of amides is 3. The van der Waals surface area contributed by atoms with Crippen LogP contribution >= 0.6 is 0 Å². The summed E-state index contributed by atoms with van der Waals surface area (Å²) in [5.41, 5.74) is 1.14. The number of halogens is 1. The van der Waals surface area contributed by atoms with Crippen molar-refractivity contribution in [2.24, 2.45) is 11.8 Å². The second-order valence-corrected chi connectivity index (χ2v) is 12.3. The average Bonchev–Trinajstić information content (AvgIpc) is 3.79. The molecule has 1 fully saturated rings. The molecule has 0 aromatic heterocycles. The number of hydrogen-bond donors (Lipinski definition) is 3. The average molecular weight is 599 g/mol. The van der Waals surface area contributed by atoms with Gasteiger partial charge in [-0.1, -0.05) is 6.92 Å². The summed E-state index contributed by atoms with van der Waals surface area (Å²) in [5, 5.41) is 15.6. The van der Waals surface area contributed by atoms with Crippen molar-refractivity contribution >= 4 is 23.3 Å². The molecule has 2 aromatic rings. The van der Waals surface area contributed by atoms with Crippen molar-refractivity contribution in [2.45, 2.75) is 71.1 Å². The van der Waals surface area contributed by atoms with Crippen LogP contribution in [0.4, 0.5) is 20.6 Å². The number of rotatable bonds is 8. The third kappa shape index (κ3) is 9.91. The highest BCUT2D eigenvalue weighted by molar-refractivity contribution is 6.02. The van der Waals surface area contributed by atoms with Crippen LogP contribution in [0, 0.1) is 17.7 Å². The lowest BCUT2D eigenvalue weighted by Gasteiger charge is -2.36. The predicted octanol–water partition coefficient (Wildman–Crippen LogP) is 5.61. The minimum Gasteiger partial charge on any atom is -0.490 e. The van der Waals surface area contributed by atoms with Crippen molar-refractivity contribution in [1.82, 2.24) is 9.80 Å². The second-order valence-electron chi connectivity index (χ2n) is 12.3. The van der Waals surface area contributed by atoms with Gasteiger partial charge in [-0.05, 0) is 101 Å². The number of ether oxygens (including phenoxy) is 2. The number of benzene rings is 2. The molecule has 3 N–H and O–H groups in total. The molecule has 1 aliphatic heterocycles. The third-order valence-corrected chi connectivity index (χ3v) is 8.17. The zero-order valence-electron chi connectivity index (χ0n) is 25.9. The summed E-state index contributed by atoms with van der Waals surface area (Å²) in [6, 6.07) is 9.48. The number of urea groups is 1. The minimum absolute atomic E-state index is 0.00799. The summed E-state index contributed by atoms with van der Waals surface area (Å²) in [6.45, 7) is 8.57. The molecular formula is C33H47FN4O5. The van der Waals surface area contributed by atoms with Gasteiger partial charge in [0.25, 0.3) is 5.91 Å². The maximum Gasteiger partial charge on any atom is 0.323 e. The minimum atomic E-state index is -0.529. The Bertz CT molecular complexity index is 1210. The molecular weight excluding hydrogens is 551 g/mol. The van der Waals surface area contributed by atoms with Crippen molar-refractivity contribution in [3.63, 3.8) is 0 Å². The molecule has 4 rings (SSSR count). The molecule has 3 amide bonds. The summed E-state index contributed by atoms with van der Waals surface area (Å²) in [7, 11) is 2.13. The van der Waals surface area contributed by atoms with E-state index in [9.17, 15) is 19.1 Å². The monoisotopic (exact) mass is 598 g/mol. The van der Waals surface area contributed by atoms with Gasteiger partial charge in [0.1, 0.15) is 11.6 Å². The van der Waals surface area contributed by atoms with E-state index in [-0.39, 0.29) is 30.6 Å². The molecule has 2 aromatic carbocycles. The first-order chi connectivity index (χ1) is 20.6. The predicted molar refractivity (Wildman–Crippen MR) is 166 cm³/mol. The number of aliphatic hydroxyl groups is 1. The van der Waals surface area contributed by atoms with Crippen LogP contribution in [0.3, 0.4) is 0 Å². The first-order valence-corrected chi connectivity index (χ1v) is 15.5. The number of nitrogens with zero attached hydrogens (tertiary/aromatic N) is 2. The first-order valence-electron chi connectivity index (χ1n) is 15.5. The number of likely N-dealkylation sites (N-methyl/N-ethyl adjacent to an activating group) is 1. The molecule has 0 radical (unpaired) electrons. The molecule has 4 atom stereocenters. The summed E-state index contributed by atoms with van der Waals surface area (Å²) < 4.78 is 26.0. The van der Waals surface area contributed by atoms with Crippen LogP contribution in [0.15, 0.2) is 42.5 Å². The van der Waals surface area contributed by atoms with Gasteiger partial charge in [-0.3, -0.25) is 4.79 Å². The lowest BCUT2D eigenvalue weighted by Crippen LogP contribution is -2.47. The molecule has 1 heterocycles. The number of fused-ring (bicyclic) bond motifs is 1. The van der Waals surface area contributed by atoms with Crippen LogP contribution in [0.2, 0.25) is 0 Å². The standard InChI is InChI=1S/C33H47FN4O5/c1-22-18-38(23(2)21-39)32(40)29-17-28(36-33(41)35-27-12-10-26(34)11-13-27)14-15-30(29)43-24(3)7-5-6-16-42-31(22)20-37(4)19-25-8-9-25/h10-15,17,22-25,31,39H,5-9,16,18-21H2,1-4H3,(H2,35,36,41)/t22-,23+,24-,31+/m1/s1. The van der Waals surface area contributed by atoms with Crippen molar-refractivity contribution in [3.8, 4) is 5.75 Å². The molecule has 0 saturated heterocycles. The number of carbonyl (C=O) groups excluding carboxylic acids is 2. The Morgan fingerprint density at radius 1 is 1.07 bits per heavy atom. The molecule has 2 aliphatic rings. The second kappa shape index (κ2) is 15.5. The summed E-state index contributed by atoms with van der Waals surface area (Å²) >= 11 is 0. The number of aliphatic hydroxyl groups excluding tert-OH is 1. The highest BCUT2D eigenvalue weighted by Gasteiger charge is 2.31. The van der Waals surface area contributed by atoms with Crippen molar-refractivity contribution in [2.75, 3.05) is 50.5 Å². The van der Waals surface area contributed by atoms with E-state index in [0.29, 0.717) is 35.8 Å². The van der Waals surface area contributed by atoms with E-state index in [1.807, 2.05) is 13.8 Å². The van der Waals surface area contributed by atoms with Crippen molar-refractivity contribution in [3.05, 3.63) is 53.8 Å². The number of nitrogens with one attached hydrogen (secondary N) is 2. The Labute approximate surface area is 254 Å². The zero-order chi connectivity index (χ0) is 30.9.